The van der Waals surface area contributed by atoms with Gasteiger partial charge < -0.3 is 10.2 Å². The Morgan fingerprint density at radius 1 is 1.56 bits per heavy atom. The maximum Gasteiger partial charge on any atom is 0.146 e. The Balaban J connectivity index is 2.95. The van der Waals surface area contributed by atoms with Gasteiger partial charge in [0.1, 0.15) is 5.82 Å². The predicted molar refractivity (Wildman–Crippen MR) is 67.3 cm³/mol. The molecule has 0 spiro atoms. The van der Waals surface area contributed by atoms with E-state index in [-0.39, 0.29) is 11.9 Å². The van der Waals surface area contributed by atoms with E-state index in [0.29, 0.717) is 12.2 Å². The molecule has 3 heteroatoms. The number of hydrogen-bond donors (Lipinski definition) is 1. The zero-order valence-electron chi connectivity index (χ0n) is 10.1. The maximum atomic E-state index is 13.8. The van der Waals surface area contributed by atoms with E-state index < -0.39 is 0 Å². The Morgan fingerprint density at radius 3 is 2.75 bits per heavy atom. The van der Waals surface area contributed by atoms with E-state index in [0.717, 1.165) is 5.56 Å². The molecule has 0 aliphatic carbocycles. The van der Waals surface area contributed by atoms with Crippen LogP contribution < -0.4 is 10.2 Å². The second-order valence-electron chi connectivity index (χ2n) is 3.89. The van der Waals surface area contributed by atoms with Crippen LogP contribution in [-0.2, 0) is 0 Å². The number of halogens is 1. The van der Waals surface area contributed by atoms with Gasteiger partial charge in [-0.05, 0) is 31.7 Å². The van der Waals surface area contributed by atoms with Gasteiger partial charge in [-0.1, -0.05) is 12.1 Å². The third kappa shape index (κ3) is 2.83. The summed E-state index contributed by atoms with van der Waals surface area (Å²) in [5.41, 5.74) is 1.56. The number of nitrogens with zero attached hydrogens (tertiary/aromatic N) is 1. The van der Waals surface area contributed by atoms with Crippen molar-refractivity contribution < 1.29 is 4.39 Å². The minimum atomic E-state index is -0.191. The number of benzene rings is 1. The first kappa shape index (κ1) is 12.7. The normalized spacial score (nSPS) is 12.2. The van der Waals surface area contributed by atoms with Crippen molar-refractivity contribution >= 4 is 5.69 Å². The molecule has 1 aromatic rings. The zero-order chi connectivity index (χ0) is 12.1. The van der Waals surface area contributed by atoms with Gasteiger partial charge in [0.2, 0.25) is 0 Å². The van der Waals surface area contributed by atoms with Crippen LogP contribution in [0, 0.1) is 5.82 Å². The first-order valence-electron chi connectivity index (χ1n) is 5.39. The SMILES string of the molecule is C=CCN(C)c1ccc(C(C)NC)cc1F. The molecule has 16 heavy (non-hydrogen) atoms. The van der Waals surface area contributed by atoms with Crippen LogP contribution in [0.15, 0.2) is 30.9 Å². The van der Waals surface area contributed by atoms with E-state index in [4.69, 9.17) is 0 Å². The summed E-state index contributed by atoms with van der Waals surface area (Å²) in [5, 5.41) is 3.09. The van der Waals surface area contributed by atoms with Gasteiger partial charge in [0, 0.05) is 19.6 Å². The summed E-state index contributed by atoms with van der Waals surface area (Å²) in [6.07, 6.45) is 1.75. The van der Waals surface area contributed by atoms with E-state index in [1.807, 2.05) is 38.1 Å². The molecule has 0 saturated carbocycles. The van der Waals surface area contributed by atoms with E-state index in [2.05, 4.69) is 11.9 Å². The lowest BCUT2D eigenvalue weighted by molar-refractivity contribution is 0.606. The largest absolute Gasteiger partial charge is 0.369 e. The molecule has 0 aromatic heterocycles. The summed E-state index contributed by atoms with van der Waals surface area (Å²) in [5.74, 6) is -0.191. The third-order valence-electron chi connectivity index (χ3n) is 2.72. The van der Waals surface area contributed by atoms with Gasteiger partial charge >= 0.3 is 0 Å². The Labute approximate surface area is 96.8 Å². The van der Waals surface area contributed by atoms with Crippen molar-refractivity contribution in [2.45, 2.75) is 13.0 Å². The Morgan fingerprint density at radius 2 is 2.25 bits per heavy atom. The number of rotatable bonds is 5. The van der Waals surface area contributed by atoms with Gasteiger partial charge in [-0.2, -0.15) is 0 Å². The summed E-state index contributed by atoms with van der Waals surface area (Å²) < 4.78 is 13.8. The van der Waals surface area contributed by atoms with Crippen LogP contribution in [0.1, 0.15) is 18.5 Å². The number of anilines is 1. The lowest BCUT2D eigenvalue weighted by Crippen LogP contribution is -2.19. The second-order valence-corrected chi connectivity index (χ2v) is 3.89. The number of nitrogens with one attached hydrogen (secondary N) is 1. The van der Waals surface area contributed by atoms with E-state index in [9.17, 15) is 4.39 Å². The molecular weight excluding hydrogens is 203 g/mol. The molecule has 0 saturated heterocycles. The first-order chi connectivity index (χ1) is 7.60. The Bertz CT molecular complexity index is 363. The van der Waals surface area contributed by atoms with Gasteiger partial charge in [-0.3, -0.25) is 0 Å². The fraction of sp³-hybridized carbons (Fsp3) is 0.385. The molecule has 0 aliphatic heterocycles. The molecule has 1 unspecified atom stereocenters. The molecule has 2 nitrogen and oxygen atoms in total. The minimum Gasteiger partial charge on any atom is -0.369 e. The zero-order valence-corrected chi connectivity index (χ0v) is 10.1. The van der Waals surface area contributed by atoms with Crippen molar-refractivity contribution in [3.8, 4) is 0 Å². The minimum absolute atomic E-state index is 0.160. The van der Waals surface area contributed by atoms with Crippen LogP contribution in [0.5, 0.6) is 0 Å². The molecule has 0 aliphatic rings. The number of likely N-dealkylation sites (N-methyl/N-ethyl adjacent to an activating group) is 1. The highest BCUT2D eigenvalue weighted by molar-refractivity contribution is 5.49. The number of hydrogen-bond acceptors (Lipinski definition) is 2. The summed E-state index contributed by atoms with van der Waals surface area (Å²) in [6, 6.07) is 5.49. The van der Waals surface area contributed by atoms with Gasteiger partial charge in [-0.15, -0.1) is 6.58 Å². The Kier molecular flexibility index (Phi) is 4.50. The van der Waals surface area contributed by atoms with Crippen LogP contribution in [-0.4, -0.2) is 20.6 Å². The fourth-order valence-corrected chi connectivity index (χ4v) is 1.56. The smallest absolute Gasteiger partial charge is 0.146 e. The highest BCUT2D eigenvalue weighted by atomic mass is 19.1. The van der Waals surface area contributed by atoms with Gasteiger partial charge in [0.25, 0.3) is 0 Å². The van der Waals surface area contributed by atoms with E-state index in [1.54, 1.807) is 12.1 Å². The molecular formula is C13H19FN2. The molecule has 0 radical (unpaired) electrons. The van der Waals surface area contributed by atoms with Crippen LogP contribution in [0.25, 0.3) is 0 Å². The molecule has 0 heterocycles. The average molecular weight is 222 g/mol. The summed E-state index contributed by atoms with van der Waals surface area (Å²) in [4.78, 5) is 1.83. The average Bonchev–Trinajstić information content (AvgIpc) is 2.28. The van der Waals surface area contributed by atoms with Gasteiger partial charge in [-0.25, -0.2) is 4.39 Å². The lowest BCUT2D eigenvalue weighted by Gasteiger charge is -2.19. The van der Waals surface area contributed by atoms with Crippen molar-refractivity contribution in [3.05, 3.63) is 42.2 Å². The third-order valence-corrected chi connectivity index (χ3v) is 2.72. The van der Waals surface area contributed by atoms with Crippen molar-refractivity contribution in [3.63, 3.8) is 0 Å². The quantitative estimate of drug-likeness (QED) is 0.771. The predicted octanol–water partition coefficient (Wildman–Crippen LogP) is 2.73. The lowest BCUT2D eigenvalue weighted by atomic mass is 10.1. The summed E-state index contributed by atoms with van der Waals surface area (Å²) in [7, 11) is 3.71. The summed E-state index contributed by atoms with van der Waals surface area (Å²) in [6.45, 7) is 6.28. The monoisotopic (exact) mass is 222 g/mol. The summed E-state index contributed by atoms with van der Waals surface area (Å²) >= 11 is 0. The van der Waals surface area contributed by atoms with Crippen LogP contribution in [0.2, 0.25) is 0 Å². The molecule has 1 atom stereocenters. The molecule has 88 valence electrons. The van der Waals surface area contributed by atoms with E-state index in [1.165, 1.54) is 0 Å². The second kappa shape index (κ2) is 5.66. The van der Waals surface area contributed by atoms with Crippen LogP contribution >= 0.6 is 0 Å². The maximum absolute atomic E-state index is 13.8. The first-order valence-corrected chi connectivity index (χ1v) is 5.39. The topological polar surface area (TPSA) is 15.3 Å². The van der Waals surface area contributed by atoms with Crippen molar-refractivity contribution in [1.29, 1.82) is 0 Å². The van der Waals surface area contributed by atoms with Crippen LogP contribution in [0.4, 0.5) is 10.1 Å². The molecule has 1 aromatic carbocycles. The molecule has 1 N–H and O–H groups in total. The van der Waals surface area contributed by atoms with Gasteiger partial charge in [0.05, 0.1) is 5.69 Å². The van der Waals surface area contributed by atoms with Gasteiger partial charge in [0.15, 0.2) is 0 Å². The molecule has 0 fully saturated rings. The van der Waals surface area contributed by atoms with E-state index >= 15 is 0 Å². The van der Waals surface area contributed by atoms with Crippen molar-refractivity contribution in [2.24, 2.45) is 0 Å². The highest BCUT2D eigenvalue weighted by Crippen LogP contribution is 2.22. The van der Waals surface area contributed by atoms with Crippen LogP contribution in [0.3, 0.4) is 0 Å². The molecule has 0 amide bonds. The highest BCUT2D eigenvalue weighted by Gasteiger charge is 2.09. The fourth-order valence-electron chi connectivity index (χ4n) is 1.56. The van der Waals surface area contributed by atoms with Crippen molar-refractivity contribution in [2.75, 3.05) is 25.5 Å². The van der Waals surface area contributed by atoms with Crippen molar-refractivity contribution in [1.82, 2.24) is 5.32 Å². The molecule has 1 rings (SSSR count). The standard InChI is InChI=1S/C13H19FN2/c1-5-8-16(4)13-7-6-11(9-12(13)14)10(2)15-3/h5-7,9-10,15H,1,8H2,2-4H3. The Hall–Kier alpha value is -1.35. The molecule has 0 bridgehead atoms.